The summed E-state index contributed by atoms with van der Waals surface area (Å²) in [5.74, 6) is -0.0750. The molecule has 7 nitrogen and oxygen atoms in total. The quantitative estimate of drug-likeness (QED) is 0.777. The molecular weight excluding hydrogens is 280 g/mol. The molecule has 0 radical (unpaired) electrons. The molecule has 1 aliphatic rings. The van der Waals surface area contributed by atoms with Crippen molar-refractivity contribution in [3.63, 3.8) is 0 Å². The van der Waals surface area contributed by atoms with E-state index >= 15 is 0 Å². The Morgan fingerprint density at radius 2 is 2.20 bits per heavy atom. The van der Waals surface area contributed by atoms with Gasteiger partial charge in [0.05, 0.1) is 17.7 Å². The molecule has 2 aromatic rings. The maximum absolute atomic E-state index is 12.5. The third-order valence-electron chi connectivity index (χ3n) is 3.59. The SMILES string of the molecule is CN(C(=O)c1ccnc2ccnn12)C1CCS(=O)(=O)C1. The van der Waals surface area contributed by atoms with Gasteiger partial charge in [0.15, 0.2) is 15.5 Å². The van der Waals surface area contributed by atoms with Crippen LogP contribution >= 0.6 is 0 Å². The molecule has 8 heteroatoms. The first kappa shape index (κ1) is 13.0. The van der Waals surface area contributed by atoms with E-state index in [1.165, 1.54) is 9.42 Å². The number of fused-ring (bicyclic) bond motifs is 1. The molecule has 0 spiro atoms. The number of hydrogen-bond donors (Lipinski definition) is 0. The maximum Gasteiger partial charge on any atom is 0.272 e. The van der Waals surface area contributed by atoms with Crippen molar-refractivity contribution in [2.75, 3.05) is 18.6 Å². The molecule has 1 saturated heterocycles. The third-order valence-corrected chi connectivity index (χ3v) is 5.34. The van der Waals surface area contributed by atoms with Crippen LogP contribution in [-0.2, 0) is 9.84 Å². The fourth-order valence-electron chi connectivity index (χ4n) is 2.42. The third kappa shape index (κ3) is 2.15. The summed E-state index contributed by atoms with van der Waals surface area (Å²) in [6.45, 7) is 0. The Bertz CT molecular complexity index is 768. The van der Waals surface area contributed by atoms with E-state index in [0.717, 1.165) is 0 Å². The van der Waals surface area contributed by atoms with E-state index in [4.69, 9.17) is 0 Å². The van der Waals surface area contributed by atoms with Crippen LogP contribution in [0.3, 0.4) is 0 Å². The first-order valence-electron chi connectivity index (χ1n) is 6.24. The monoisotopic (exact) mass is 294 g/mol. The van der Waals surface area contributed by atoms with Crippen LogP contribution in [-0.4, -0.2) is 58.4 Å². The standard InChI is InChI=1S/C12H14N4O3S/c1-15(9-4-7-20(18,19)8-9)12(17)10-2-5-13-11-3-6-14-16(10)11/h2-3,5-6,9H,4,7-8H2,1H3. The zero-order chi connectivity index (χ0) is 14.3. The Morgan fingerprint density at radius 3 is 2.90 bits per heavy atom. The summed E-state index contributed by atoms with van der Waals surface area (Å²) < 4.78 is 24.5. The van der Waals surface area contributed by atoms with Crippen molar-refractivity contribution in [3.05, 3.63) is 30.2 Å². The van der Waals surface area contributed by atoms with Crippen molar-refractivity contribution >= 4 is 21.4 Å². The van der Waals surface area contributed by atoms with Gasteiger partial charge in [-0.1, -0.05) is 0 Å². The molecule has 1 unspecified atom stereocenters. The lowest BCUT2D eigenvalue weighted by Crippen LogP contribution is -2.38. The van der Waals surface area contributed by atoms with Crippen LogP contribution in [0.5, 0.6) is 0 Å². The topological polar surface area (TPSA) is 84.6 Å². The lowest BCUT2D eigenvalue weighted by Gasteiger charge is -2.23. The molecule has 1 atom stereocenters. The van der Waals surface area contributed by atoms with E-state index < -0.39 is 9.84 Å². The summed E-state index contributed by atoms with van der Waals surface area (Å²) in [4.78, 5) is 18.1. The second-order valence-corrected chi connectivity index (χ2v) is 7.13. The molecule has 3 heterocycles. The fourth-order valence-corrected chi connectivity index (χ4v) is 4.20. The smallest absolute Gasteiger partial charge is 0.272 e. The van der Waals surface area contributed by atoms with E-state index in [9.17, 15) is 13.2 Å². The van der Waals surface area contributed by atoms with Crippen molar-refractivity contribution < 1.29 is 13.2 Å². The van der Waals surface area contributed by atoms with Crippen molar-refractivity contribution in [2.24, 2.45) is 0 Å². The van der Waals surface area contributed by atoms with Crippen molar-refractivity contribution in [2.45, 2.75) is 12.5 Å². The first-order chi connectivity index (χ1) is 9.48. The zero-order valence-corrected chi connectivity index (χ0v) is 11.7. The number of hydrogen-bond acceptors (Lipinski definition) is 5. The summed E-state index contributed by atoms with van der Waals surface area (Å²) in [7, 11) is -1.39. The minimum absolute atomic E-state index is 0.0303. The normalized spacial score (nSPS) is 21.1. The van der Waals surface area contributed by atoms with Gasteiger partial charge < -0.3 is 4.90 Å². The van der Waals surface area contributed by atoms with Crippen LogP contribution in [0, 0.1) is 0 Å². The summed E-state index contributed by atoms with van der Waals surface area (Å²) in [5.41, 5.74) is 0.968. The van der Waals surface area contributed by atoms with Crippen LogP contribution in [0.1, 0.15) is 16.9 Å². The number of aromatic nitrogens is 3. The highest BCUT2D eigenvalue weighted by molar-refractivity contribution is 7.91. The van der Waals surface area contributed by atoms with E-state index in [2.05, 4.69) is 10.1 Å². The van der Waals surface area contributed by atoms with Gasteiger partial charge in [-0.3, -0.25) is 4.79 Å². The molecule has 0 aromatic carbocycles. The van der Waals surface area contributed by atoms with E-state index in [1.807, 2.05) is 0 Å². The van der Waals surface area contributed by atoms with E-state index in [0.29, 0.717) is 17.8 Å². The van der Waals surface area contributed by atoms with Crippen molar-refractivity contribution in [3.8, 4) is 0 Å². The maximum atomic E-state index is 12.5. The molecule has 0 bridgehead atoms. The molecule has 20 heavy (non-hydrogen) atoms. The average Bonchev–Trinajstić information content (AvgIpc) is 3.02. The molecule has 0 saturated carbocycles. The molecule has 0 aliphatic carbocycles. The molecule has 1 amide bonds. The van der Waals surface area contributed by atoms with E-state index in [1.54, 1.807) is 31.6 Å². The van der Waals surface area contributed by atoms with Crippen molar-refractivity contribution in [1.29, 1.82) is 0 Å². The zero-order valence-electron chi connectivity index (χ0n) is 10.9. The second kappa shape index (κ2) is 4.55. The molecule has 1 aliphatic heterocycles. The average molecular weight is 294 g/mol. The Kier molecular flexibility index (Phi) is 2.97. The van der Waals surface area contributed by atoms with Gasteiger partial charge in [0.1, 0.15) is 5.69 Å². The number of nitrogens with zero attached hydrogens (tertiary/aromatic N) is 4. The molecule has 106 valence electrons. The van der Waals surface area contributed by atoms with Gasteiger partial charge in [-0.25, -0.2) is 17.9 Å². The highest BCUT2D eigenvalue weighted by Gasteiger charge is 2.33. The summed E-state index contributed by atoms with van der Waals surface area (Å²) >= 11 is 0. The van der Waals surface area contributed by atoms with Gasteiger partial charge in [0, 0.05) is 25.4 Å². The molecule has 2 aromatic heterocycles. The predicted octanol–water partition coefficient (Wildman–Crippen LogP) is -0.0116. The summed E-state index contributed by atoms with van der Waals surface area (Å²) in [6, 6.07) is 3.02. The van der Waals surface area contributed by atoms with Gasteiger partial charge in [0.2, 0.25) is 0 Å². The molecule has 3 rings (SSSR count). The lowest BCUT2D eigenvalue weighted by atomic mass is 10.2. The molecule has 0 N–H and O–H groups in total. The Balaban J connectivity index is 1.91. The van der Waals surface area contributed by atoms with Gasteiger partial charge in [-0.2, -0.15) is 5.10 Å². The number of sulfone groups is 1. The largest absolute Gasteiger partial charge is 0.336 e. The number of carbonyl (C=O) groups excluding carboxylic acids is 1. The number of carbonyl (C=O) groups is 1. The van der Waals surface area contributed by atoms with Gasteiger partial charge in [-0.05, 0) is 12.5 Å². The highest BCUT2D eigenvalue weighted by Crippen LogP contribution is 2.18. The lowest BCUT2D eigenvalue weighted by molar-refractivity contribution is 0.0738. The minimum atomic E-state index is -3.02. The Hall–Kier alpha value is -1.96. The van der Waals surface area contributed by atoms with Crippen LogP contribution in [0.4, 0.5) is 0 Å². The first-order valence-corrected chi connectivity index (χ1v) is 8.06. The van der Waals surface area contributed by atoms with Crippen LogP contribution in [0.15, 0.2) is 24.5 Å². The number of rotatable bonds is 2. The van der Waals surface area contributed by atoms with Gasteiger partial charge in [0.25, 0.3) is 5.91 Å². The Morgan fingerprint density at radius 1 is 1.40 bits per heavy atom. The fraction of sp³-hybridized carbons (Fsp3) is 0.417. The van der Waals surface area contributed by atoms with Gasteiger partial charge >= 0.3 is 0 Å². The van der Waals surface area contributed by atoms with Crippen LogP contribution in [0.2, 0.25) is 0 Å². The van der Waals surface area contributed by atoms with Crippen LogP contribution < -0.4 is 0 Å². The van der Waals surface area contributed by atoms with Crippen LogP contribution in [0.25, 0.3) is 5.65 Å². The van der Waals surface area contributed by atoms with Crippen molar-refractivity contribution in [1.82, 2.24) is 19.5 Å². The predicted molar refractivity (Wildman–Crippen MR) is 72.1 cm³/mol. The molecule has 1 fully saturated rings. The Labute approximate surface area is 116 Å². The molecular formula is C12H14N4O3S. The summed E-state index contributed by atoms with van der Waals surface area (Å²) in [5, 5.41) is 4.07. The summed E-state index contributed by atoms with van der Waals surface area (Å²) in [6.07, 6.45) is 3.60. The number of amides is 1. The minimum Gasteiger partial charge on any atom is -0.336 e. The van der Waals surface area contributed by atoms with Gasteiger partial charge in [-0.15, -0.1) is 0 Å². The highest BCUT2D eigenvalue weighted by atomic mass is 32.2. The second-order valence-electron chi connectivity index (χ2n) is 4.90. The van der Waals surface area contributed by atoms with E-state index in [-0.39, 0.29) is 23.5 Å².